The predicted molar refractivity (Wildman–Crippen MR) is 63.1 cm³/mol. The van der Waals surface area contributed by atoms with Gasteiger partial charge in [-0.1, -0.05) is 11.8 Å². The van der Waals surface area contributed by atoms with E-state index >= 15 is 0 Å². The van der Waals surface area contributed by atoms with Crippen molar-refractivity contribution in [3.8, 4) is 0 Å². The summed E-state index contributed by atoms with van der Waals surface area (Å²) in [4.78, 5) is 10.6. The fourth-order valence-electron chi connectivity index (χ4n) is 1.65. The summed E-state index contributed by atoms with van der Waals surface area (Å²) in [5, 5.41) is 28.1. The van der Waals surface area contributed by atoms with Gasteiger partial charge in [0, 0.05) is 0 Å². The standard InChI is InChI=1S/C9H14N4O4S/c14-5-7-10-11-9(18-6-8(15)16)13(7)12-1-3-17-4-2-12/h14H,1-6H2,(H,15,16). The highest BCUT2D eigenvalue weighted by Gasteiger charge is 2.20. The molecule has 2 rings (SSSR count). The van der Waals surface area contributed by atoms with Gasteiger partial charge in [0.15, 0.2) is 5.82 Å². The van der Waals surface area contributed by atoms with Crippen LogP contribution >= 0.6 is 11.8 Å². The van der Waals surface area contributed by atoms with E-state index in [9.17, 15) is 9.90 Å². The second-order valence-electron chi connectivity index (χ2n) is 3.62. The van der Waals surface area contributed by atoms with E-state index in [2.05, 4.69) is 10.2 Å². The van der Waals surface area contributed by atoms with Crippen molar-refractivity contribution in [3.63, 3.8) is 0 Å². The molecule has 18 heavy (non-hydrogen) atoms. The first-order valence-corrected chi connectivity index (χ1v) is 6.43. The van der Waals surface area contributed by atoms with E-state index in [1.807, 2.05) is 5.01 Å². The van der Waals surface area contributed by atoms with Gasteiger partial charge < -0.3 is 20.0 Å². The minimum atomic E-state index is -0.915. The van der Waals surface area contributed by atoms with Gasteiger partial charge >= 0.3 is 5.97 Å². The Labute approximate surface area is 108 Å². The number of nitrogens with zero attached hydrogens (tertiary/aromatic N) is 4. The minimum absolute atomic E-state index is 0.0894. The van der Waals surface area contributed by atoms with Gasteiger partial charge in [-0.15, -0.1) is 10.2 Å². The third-order valence-corrected chi connectivity index (χ3v) is 3.32. The molecule has 0 unspecified atom stereocenters. The third kappa shape index (κ3) is 2.92. The zero-order valence-corrected chi connectivity index (χ0v) is 10.5. The average Bonchev–Trinajstić information content (AvgIpc) is 2.80. The van der Waals surface area contributed by atoms with Crippen molar-refractivity contribution in [2.75, 3.05) is 37.1 Å². The molecule has 0 aliphatic carbocycles. The lowest BCUT2D eigenvalue weighted by Crippen LogP contribution is -2.45. The highest BCUT2D eigenvalue weighted by molar-refractivity contribution is 7.99. The predicted octanol–water partition coefficient (Wildman–Crippen LogP) is -1.08. The number of aromatic nitrogens is 3. The molecule has 0 bridgehead atoms. The molecule has 2 heterocycles. The molecule has 1 aliphatic rings. The SMILES string of the molecule is O=C(O)CSc1nnc(CO)n1N1CCOCC1. The van der Waals surface area contributed by atoms with Crippen molar-refractivity contribution >= 4 is 17.7 Å². The number of morpholine rings is 1. The molecule has 0 aromatic carbocycles. The number of hydrogen-bond donors (Lipinski definition) is 2. The number of aliphatic hydroxyl groups is 1. The number of aliphatic carboxylic acids is 1. The van der Waals surface area contributed by atoms with Crippen LogP contribution in [0.25, 0.3) is 0 Å². The largest absolute Gasteiger partial charge is 0.481 e. The Morgan fingerprint density at radius 1 is 1.39 bits per heavy atom. The smallest absolute Gasteiger partial charge is 0.313 e. The quantitative estimate of drug-likeness (QED) is 0.654. The maximum absolute atomic E-state index is 10.6. The van der Waals surface area contributed by atoms with Gasteiger partial charge in [0.05, 0.1) is 32.1 Å². The number of rotatable bonds is 5. The van der Waals surface area contributed by atoms with Crippen molar-refractivity contribution in [2.24, 2.45) is 0 Å². The molecule has 1 fully saturated rings. The monoisotopic (exact) mass is 274 g/mol. The molecule has 0 spiro atoms. The summed E-state index contributed by atoms with van der Waals surface area (Å²) in [7, 11) is 0. The van der Waals surface area contributed by atoms with Gasteiger partial charge in [-0.25, -0.2) is 4.68 Å². The van der Waals surface area contributed by atoms with Crippen molar-refractivity contribution in [1.29, 1.82) is 0 Å². The van der Waals surface area contributed by atoms with Crippen LogP contribution in [0.4, 0.5) is 0 Å². The highest BCUT2D eigenvalue weighted by Crippen LogP contribution is 2.18. The Bertz CT molecular complexity index is 419. The maximum Gasteiger partial charge on any atom is 0.313 e. The first-order chi connectivity index (χ1) is 8.72. The fourth-order valence-corrected chi connectivity index (χ4v) is 2.34. The zero-order valence-electron chi connectivity index (χ0n) is 9.65. The number of carbonyl (C=O) groups is 1. The Kier molecular flexibility index (Phi) is 4.39. The van der Waals surface area contributed by atoms with Crippen molar-refractivity contribution in [3.05, 3.63) is 5.82 Å². The topological polar surface area (TPSA) is 101 Å². The summed E-state index contributed by atoms with van der Waals surface area (Å²) in [6.45, 7) is 2.26. The van der Waals surface area contributed by atoms with Crippen LogP contribution in [-0.4, -0.2) is 63.1 Å². The van der Waals surface area contributed by atoms with Crippen molar-refractivity contribution in [2.45, 2.75) is 11.8 Å². The molecule has 1 aliphatic heterocycles. The molecule has 0 atom stereocenters. The van der Waals surface area contributed by atoms with Crippen molar-refractivity contribution < 1.29 is 19.7 Å². The van der Waals surface area contributed by atoms with Gasteiger partial charge in [0.25, 0.3) is 0 Å². The second kappa shape index (κ2) is 6.03. The van der Waals surface area contributed by atoms with E-state index in [0.29, 0.717) is 37.3 Å². The van der Waals surface area contributed by atoms with Crippen LogP contribution in [-0.2, 0) is 16.1 Å². The fraction of sp³-hybridized carbons (Fsp3) is 0.667. The first kappa shape index (κ1) is 13.1. The summed E-state index contributed by atoms with van der Waals surface area (Å²) in [6.07, 6.45) is 0. The molecule has 1 aromatic rings. The molecule has 0 amide bonds. The van der Waals surface area contributed by atoms with Crippen LogP contribution in [0.2, 0.25) is 0 Å². The molecule has 0 radical (unpaired) electrons. The molecular weight excluding hydrogens is 260 g/mol. The minimum Gasteiger partial charge on any atom is -0.481 e. The number of thioether (sulfide) groups is 1. The molecule has 9 heteroatoms. The van der Waals surface area contributed by atoms with E-state index in [0.717, 1.165) is 11.8 Å². The zero-order chi connectivity index (χ0) is 13.0. The second-order valence-corrected chi connectivity index (χ2v) is 4.56. The van der Waals surface area contributed by atoms with Crippen LogP contribution in [0.1, 0.15) is 5.82 Å². The van der Waals surface area contributed by atoms with Gasteiger partial charge in [-0.05, 0) is 0 Å². The lowest BCUT2D eigenvalue weighted by atomic mass is 10.5. The Balaban J connectivity index is 2.18. The Hall–Kier alpha value is -1.32. The van der Waals surface area contributed by atoms with Crippen LogP contribution in [0, 0.1) is 0 Å². The summed E-state index contributed by atoms with van der Waals surface area (Å²) >= 11 is 1.08. The van der Waals surface area contributed by atoms with E-state index < -0.39 is 5.97 Å². The van der Waals surface area contributed by atoms with Crippen LogP contribution in [0.5, 0.6) is 0 Å². The van der Waals surface area contributed by atoms with Crippen molar-refractivity contribution in [1.82, 2.24) is 14.9 Å². The summed E-state index contributed by atoms with van der Waals surface area (Å²) < 4.78 is 6.93. The molecule has 1 saturated heterocycles. The molecule has 2 N–H and O–H groups in total. The van der Waals surface area contributed by atoms with Gasteiger partial charge in [-0.3, -0.25) is 4.79 Å². The van der Waals surface area contributed by atoms with Crippen LogP contribution in [0.15, 0.2) is 5.16 Å². The summed E-state index contributed by atoms with van der Waals surface area (Å²) in [5.74, 6) is -0.597. The van der Waals surface area contributed by atoms with E-state index in [-0.39, 0.29) is 12.4 Å². The first-order valence-electron chi connectivity index (χ1n) is 5.45. The maximum atomic E-state index is 10.6. The Morgan fingerprint density at radius 3 is 2.72 bits per heavy atom. The normalized spacial score (nSPS) is 15.9. The molecule has 100 valence electrons. The summed E-state index contributed by atoms with van der Waals surface area (Å²) in [6, 6.07) is 0. The van der Waals surface area contributed by atoms with Gasteiger partial charge in [0.1, 0.15) is 6.61 Å². The molecule has 1 aromatic heterocycles. The number of aliphatic hydroxyl groups excluding tert-OH is 1. The lowest BCUT2D eigenvalue weighted by Gasteiger charge is -2.30. The average molecular weight is 274 g/mol. The number of carboxylic acid groups (broad SMARTS) is 1. The molecule has 0 saturated carbocycles. The molecule has 8 nitrogen and oxygen atoms in total. The number of hydrogen-bond acceptors (Lipinski definition) is 7. The van der Waals surface area contributed by atoms with Crippen LogP contribution in [0.3, 0.4) is 0 Å². The van der Waals surface area contributed by atoms with E-state index in [1.54, 1.807) is 4.68 Å². The number of carboxylic acids is 1. The van der Waals surface area contributed by atoms with Gasteiger partial charge in [0.2, 0.25) is 5.16 Å². The van der Waals surface area contributed by atoms with E-state index in [4.69, 9.17) is 9.84 Å². The van der Waals surface area contributed by atoms with E-state index in [1.165, 1.54) is 0 Å². The third-order valence-electron chi connectivity index (χ3n) is 2.41. The van der Waals surface area contributed by atoms with Crippen LogP contribution < -0.4 is 5.01 Å². The van der Waals surface area contributed by atoms with Gasteiger partial charge in [-0.2, -0.15) is 0 Å². The summed E-state index contributed by atoms with van der Waals surface area (Å²) in [5.41, 5.74) is 0. The Morgan fingerprint density at radius 2 is 2.11 bits per heavy atom. The lowest BCUT2D eigenvalue weighted by molar-refractivity contribution is -0.133. The highest BCUT2D eigenvalue weighted by atomic mass is 32.2. The molecular formula is C9H14N4O4S. The number of ether oxygens (including phenoxy) is 1.